The summed E-state index contributed by atoms with van der Waals surface area (Å²) in [5.41, 5.74) is 9.37. The smallest absolute Gasteiger partial charge is 0.251 e. The van der Waals surface area contributed by atoms with E-state index >= 15 is 0 Å². The molecule has 0 aliphatic heterocycles. The van der Waals surface area contributed by atoms with Gasteiger partial charge in [0.05, 0.1) is 11.5 Å². The summed E-state index contributed by atoms with van der Waals surface area (Å²) >= 11 is 6.85. The van der Waals surface area contributed by atoms with Crippen LogP contribution in [0.2, 0.25) is 0 Å². The van der Waals surface area contributed by atoms with Gasteiger partial charge in [-0.25, -0.2) is 0 Å². The molecule has 7 heteroatoms. The molecule has 30 heavy (non-hydrogen) atoms. The van der Waals surface area contributed by atoms with E-state index < -0.39 is 5.91 Å². The molecule has 160 valence electrons. The zero-order chi connectivity index (χ0) is 21.8. The molecule has 4 N–H and O–H groups in total. The van der Waals surface area contributed by atoms with Crippen molar-refractivity contribution in [1.29, 1.82) is 0 Å². The monoisotopic (exact) mass is 443 g/mol. The summed E-state index contributed by atoms with van der Waals surface area (Å²) < 4.78 is 0. The average Bonchev–Trinajstić information content (AvgIpc) is 3.05. The van der Waals surface area contributed by atoms with Crippen LogP contribution in [0.1, 0.15) is 71.5 Å². The number of thiophene rings is 1. The van der Waals surface area contributed by atoms with Crippen molar-refractivity contribution in [3.05, 3.63) is 51.4 Å². The molecular formula is C23H29N3O2S2. The Morgan fingerprint density at radius 3 is 2.43 bits per heavy atom. The zero-order valence-electron chi connectivity index (χ0n) is 17.7. The molecule has 0 bridgehead atoms. The van der Waals surface area contributed by atoms with Crippen molar-refractivity contribution in [3.8, 4) is 0 Å². The topological polar surface area (TPSA) is 84.2 Å². The second kappa shape index (κ2) is 9.71. The maximum absolute atomic E-state index is 12.7. The van der Waals surface area contributed by atoms with Gasteiger partial charge in [0, 0.05) is 4.88 Å². The van der Waals surface area contributed by atoms with Crippen molar-refractivity contribution in [2.45, 2.75) is 58.8 Å². The van der Waals surface area contributed by atoms with Gasteiger partial charge in [-0.05, 0) is 73.9 Å². The lowest BCUT2D eigenvalue weighted by Gasteiger charge is -2.15. The van der Waals surface area contributed by atoms with E-state index in [1.54, 1.807) is 0 Å². The molecule has 0 fully saturated rings. The summed E-state index contributed by atoms with van der Waals surface area (Å²) in [4.78, 5) is 25.9. The molecule has 1 aromatic carbocycles. The molecule has 5 nitrogen and oxygen atoms in total. The summed E-state index contributed by atoms with van der Waals surface area (Å²) in [5, 5.41) is 6.60. The molecule has 1 aromatic heterocycles. The quantitative estimate of drug-likeness (QED) is 0.572. The maximum Gasteiger partial charge on any atom is 0.251 e. The van der Waals surface area contributed by atoms with Gasteiger partial charge in [-0.3, -0.25) is 9.59 Å². The minimum Gasteiger partial charge on any atom is -0.365 e. The number of nitrogens with one attached hydrogen (secondary N) is 2. The Morgan fingerprint density at radius 2 is 1.80 bits per heavy atom. The first kappa shape index (κ1) is 22.4. The number of anilines is 1. The van der Waals surface area contributed by atoms with Gasteiger partial charge >= 0.3 is 0 Å². The summed E-state index contributed by atoms with van der Waals surface area (Å²) in [7, 11) is 0. The predicted molar refractivity (Wildman–Crippen MR) is 127 cm³/mol. The lowest BCUT2D eigenvalue weighted by atomic mass is 9.95. The van der Waals surface area contributed by atoms with Gasteiger partial charge in [0.25, 0.3) is 5.91 Å². The SMILES string of the molecule is CC(C)Cc1ccc(C(C)C(=O)NC(=S)Nc2sc3c(c2C(N)=O)CCCC3)cc1. The number of thiocarbonyl (C=S) groups is 1. The number of hydrogen-bond acceptors (Lipinski definition) is 4. The molecule has 0 saturated heterocycles. The maximum atomic E-state index is 12.7. The van der Waals surface area contributed by atoms with E-state index in [0.29, 0.717) is 16.5 Å². The summed E-state index contributed by atoms with van der Waals surface area (Å²) in [6, 6.07) is 8.14. The van der Waals surface area contributed by atoms with Crippen molar-refractivity contribution in [2.75, 3.05) is 5.32 Å². The summed E-state index contributed by atoms with van der Waals surface area (Å²) in [5.74, 6) is -0.398. The van der Waals surface area contributed by atoms with Crippen molar-refractivity contribution < 1.29 is 9.59 Å². The first-order chi connectivity index (χ1) is 14.3. The van der Waals surface area contributed by atoms with E-state index in [9.17, 15) is 9.59 Å². The zero-order valence-corrected chi connectivity index (χ0v) is 19.3. The molecule has 1 aliphatic carbocycles. The number of rotatable bonds is 6. The minimum atomic E-state index is -0.458. The van der Waals surface area contributed by atoms with E-state index in [4.69, 9.17) is 18.0 Å². The molecule has 1 unspecified atom stereocenters. The van der Waals surface area contributed by atoms with Crippen molar-refractivity contribution in [3.63, 3.8) is 0 Å². The Bertz CT molecular complexity index is 948. The van der Waals surface area contributed by atoms with Crippen LogP contribution in [-0.2, 0) is 24.1 Å². The Hall–Kier alpha value is -2.25. The first-order valence-corrected chi connectivity index (χ1v) is 11.6. The highest BCUT2D eigenvalue weighted by Crippen LogP contribution is 2.37. The highest BCUT2D eigenvalue weighted by molar-refractivity contribution is 7.80. The van der Waals surface area contributed by atoms with Crippen LogP contribution in [0.4, 0.5) is 5.00 Å². The standard InChI is InChI=1S/C23H29N3O2S2/c1-13(2)12-15-8-10-16(11-9-15)14(3)21(28)25-23(29)26-22-19(20(24)27)17-6-4-5-7-18(17)30-22/h8-11,13-14H,4-7,12H2,1-3H3,(H2,24,27)(H2,25,26,28,29). The highest BCUT2D eigenvalue weighted by Gasteiger charge is 2.25. The number of aryl methyl sites for hydroxylation is 1. The molecule has 3 rings (SSSR count). The average molecular weight is 444 g/mol. The molecule has 0 radical (unpaired) electrons. The van der Waals surface area contributed by atoms with Gasteiger partial charge in [0.1, 0.15) is 5.00 Å². The van der Waals surface area contributed by atoms with Crippen LogP contribution >= 0.6 is 23.6 Å². The molecular weight excluding hydrogens is 414 g/mol. The van der Waals surface area contributed by atoms with Crippen LogP contribution in [0.3, 0.4) is 0 Å². The van der Waals surface area contributed by atoms with Gasteiger partial charge in [0.2, 0.25) is 5.91 Å². The fourth-order valence-corrected chi connectivity index (χ4v) is 5.40. The van der Waals surface area contributed by atoms with Crippen molar-refractivity contribution >= 4 is 45.5 Å². The van der Waals surface area contributed by atoms with Gasteiger partial charge in [-0.2, -0.15) is 0 Å². The molecule has 0 saturated carbocycles. The number of carbonyl (C=O) groups excluding carboxylic acids is 2. The lowest BCUT2D eigenvalue weighted by molar-refractivity contribution is -0.120. The van der Waals surface area contributed by atoms with Crippen LogP contribution in [0.25, 0.3) is 0 Å². The number of primary amides is 1. The van der Waals surface area contributed by atoms with E-state index in [1.807, 2.05) is 19.1 Å². The first-order valence-electron chi connectivity index (χ1n) is 10.4. The molecule has 1 heterocycles. The predicted octanol–water partition coefficient (Wildman–Crippen LogP) is 4.54. The number of fused-ring (bicyclic) bond motifs is 1. The lowest BCUT2D eigenvalue weighted by Crippen LogP contribution is -2.37. The number of carbonyl (C=O) groups is 2. The third-order valence-corrected chi connectivity index (χ3v) is 6.81. The van der Waals surface area contributed by atoms with E-state index in [2.05, 4.69) is 36.6 Å². The summed E-state index contributed by atoms with van der Waals surface area (Å²) in [6.45, 7) is 6.23. The fraction of sp³-hybridized carbons (Fsp3) is 0.435. The second-order valence-electron chi connectivity index (χ2n) is 8.28. The van der Waals surface area contributed by atoms with Crippen molar-refractivity contribution in [1.82, 2.24) is 5.32 Å². The Kier molecular flexibility index (Phi) is 7.26. The van der Waals surface area contributed by atoms with Gasteiger partial charge in [-0.15, -0.1) is 11.3 Å². The fourth-order valence-electron chi connectivity index (χ4n) is 3.83. The molecule has 0 spiro atoms. The summed E-state index contributed by atoms with van der Waals surface area (Å²) in [6.07, 6.45) is 4.99. The van der Waals surface area contributed by atoms with Crippen LogP contribution in [-0.4, -0.2) is 16.9 Å². The van der Waals surface area contributed by atoms with E-state index in [1.165, 1.54) is 21.8 Å². The van der Waals surface area contributed by atoms with Crippen LogP contribution in [0.15, 0.2) is 24.3 Å². The van der Waals surface area contributed by atoms with Crippen LogP contribution in [0.5, 0.6) is 0 Å². The normalized spacial score (nSPS) is 14.1. The molecule has 1 aliphatic rings. The minimum absolute atomic E-state index is 0.185. The van der Waals surface area contributed by atoms with Crippen molar-refractivity contribution in [2.24, 2.45) is 11.7 Å². The van der Waals surface area contributed by atoms with Gasteiger partial charge < -0.3 is 16.4 Å². The Balaban J connectivity index is 1.65. The largest absolute Gasteiger partial charge is 0.365 e. The molecule has 2 amide bonds. The Morgan fingerprint density at radius 1 is 1.13 bits per heavy atom. The van der Waals surface area contributed by atoms with Gasteiger partial charge in [-0.1, -0.05) is 38.1 Å². The van der Waals surface area contributed by atoms with E-state index in [0.717, 1.165) is 43.2 Å². The second-order valence-corrected chi connectivity index (χ2v) is 9.80. The highest BCUT2D eigenvalue weighted by atomic mass is 32.1. The third kappa shape index (κ3) is 5.26. The van der Waals surface area contributed by atoms with Crippen LogP contribution in [0, 0.1) is 5.92 Å². The number of hydrogen-bond donors (Lipinski definition) is 3. The third-order valence-electron chi connectivity index (χ3n) is 5.40. The molecule has 1 atom stereocenters. The van der Waals surface area contributed by atoms with Crippen LogP contribution < -0.4 is 16.4 Å². The van der Waals surface area contributed by atoms with Gasteiger partial charge in [0.15, 0.2) is 5.11 Å². The number of nitrogens with two attached hydrogens (primary N) is 1. The number of benzene rings is 1. The Labute approximate surface area is 187 Å². The van der Waals surface area contributed by atoms with E-state index in [-0.39, 0.29) is 16.9 Å². The molecule has 2 aromatic rings. The number of amides is 2.